The number of allylic oxidation sites excluding steroid dienone is 1. The number of urea groups is 1. The first kappa shape index (κ1) is 18.4. The van der Waals surface area contributed by atoms with Crippen LogP contribution in [0, 0.1) is 5.82 Å². The van der Waals surface area contributed by atoms with E-state index in [4.69, 9.17) is 4.74 Å². The van der Waals surface area contributed by atoms with E-state index in [1.807, 2.05) is 0 Å². The van der Waals surface area contributed by atoms with Gasteiger partial charge in [-0.2, -0.15) is 0 Å². The molecule has 0 unspecified atom stereocenters. The maximum absolute atomic E-state index is 14.3. The fourth-order valence-electron chi connectivity index (χ4n) is 3.66. The van der Waals surface area contributed by atoms with Crippen LogP contribution in [0.15, 0.2) is 35.5 Å². The van der Waals surface area contributed by atoms with Gasteiger partial charge in [-0.15, -0.1) is 0 Å². The average molecular weight is 360 g/mol. The molecular weight excluding hydrogens is 335 g/mol. The van der Waals surface area contributed by atoms with Crippen molar-refractivity contribution in [3.05, 3.63) is 46.9 Å². The van der Waals surface area contributed by atoms with E-state index >= 15 is 0 Å². The summed E-state index contributed by atoms with van der Waals surface area (Å²) >= 11 is 0. The van der Waals surface area contributed by atoms with Gasteiger partial charge in [-0.3, -0.25) is 0 Å². The van der Waals surface area contributed by atoms with Crippen molar-refractivity contribution in [2.24, 2.45) is 0 Å². The number of ether oxygens (including phenoxy) is 1. The highest BCUT2D eigenvalue weighted by molar-refractivity contribution is 5.95. The lowest BCUT2D eigenvalue weighted by atomic mass is 9.94. The lowest BCUT2D eigenvalue weighted by Crippen LogP contribution is -2.46. The van der Waals surface area contributed by atoms with Crippen molar-refractivity contribution in [1.29, 1.82) is 0 Å². The molecular formula is C20H25FN2O3. The van der Waals surface area contributed by atoms with Gasteiger partial charge in [0.05, 0.1) is 11.6 Å². The Morgan fingerprint density at radius 2 is 1.77 bits per heavy atom. The van der Waals surface area contributed by atoms with Gasteiger partial charge < -0.3 is 15.4 Å². The maximum Gasteiger partial charge on any atom is 0.338 e. The molecule has 6 heteroatoms. The zero-order valence-electron chi connectivity index (χ0n) is 15.0. The number of amides is 2. The highest BCUT2D eigenvalue weighted by Gasteiger charge is 2.34. The lowest BCUT2D eigenvalue weighted by molar-refractivity contribution is -0.145. The van der Waals surface area contributed by atoms with E-state index in [0.717, 1.165) is 38.5 Å². The van der Waals surface area contributed by atoms with Crippen molar-refractivity contribution in [3.8, 4) is 0 Å². The fourth-order valence-corrected chi connectivity index (χ4v) is 3.66. The maximum atomic E-state index is 14.3. The van der Waals surface area contributed by atoms with Gasteiger partial charge in [0.25, 0.3) is 0 Å². The minimum Gasteiger partial charge on any atom is -0.459 e. The molecule has 1 fully saturated rings. The third-order valence-corrected chi connectivity index (χ3v) is 5.03. The van der Waals surface area contributed by atoms with Crippen LogP contribution < -0.4 is 10.6 Å². The second kappa shape index (κ2) is 8.34. The molecule has 0 bridgehead atoms. The summed E-state index contributed by atoms with van der Waals surface area (Å²) in [7, 11) is 0. The second-order valence-electron chi connectivity index (χ2n) is 6.96. The predicted octanol–water partition coefficient (Wildman–Crippen LogP) is 4.11. The van der Waals surface area contributed by atoms with Crippen molar-refractivity contribution >= 4 is 12.0 Å². The number of esters is 1. The molecule has 0 saturated heterocycles. The van der Waals surface area contributed by atoms with E-state index < -0.39 is 23.9 Å². The van der Waals surface area contributed by atoms with Crippen LogP contribution in [0.3, 0.4) is 0 Å². The Balaban J connectivity index is 1.83. The topological polar surface area (TPSA) is 67.4 Å². The van der Waals surface area contributed by atoms with Crippen LogP contribution >= 0.6 is 0 Å². The average Bonchev–Trinajstić information content (AvgIpc) is 2.56. The summed E-state index contributed by atoms with van der Waals surface area (Å²) < 4.78 is 20.0. The van der Waals surface area contributed by atoms with Crippen LogP contribution in [0.5, 0.6) is 0 Å². The van der Waals surface area contributed by atoms with Gasteiger partial charge in [0.1, 0.15) is 11.9 Å². The molecule has 0 radical (unpaired) electrons. The minimum absolute atomic E-state index is 0.123. The van der Waals surface area contributed by atoms with E-state index in [2.05, 4.69) is 10.6 Å². The summed E-state index contributed by atoms with van der Waals surface area (Å²) in [6.07, 6.45) is 7.21. The third kappa shape index (κ3) is 4.23. The van der Waals surface area contributed by atoms with Gasteiger partial charge in [-0.25, -0.2) is 14.0 Å². The smallest absolute Gasteiger partial charge is 0.338 e. The van der Waals surface area contributed by atoms with Gasteiger partial charge in [0.2, 0.25) is 0 Å². The summed E-state index contributed by atoms with van der Waals surface area (Å²) in [5.74, 6) is -0.961. The van der Waals surface area contributed by atoms with E-state index in [0.29, 0.717) is 5.70 Å². The molecule has 3 rings (SSSR count). The first-order valence-electron chi connectivity index (χ1n) is 9.30. The van der Waals surface area contributed by atoms with E-state index in [1.54, 1.807) is 25.1 Å². The van der Waals surface area contributed by atoms with Crippen LogP contribution in [-0.2, 0) is 9.53 Å². The van der Waals surface area contributed by atoms with Crippen LogP contribution in [0.25, 0.3) is 0 Å². The molecule has 1 atom stereocenters. The van der Waals surface area contributed by atoms with E-state index in [9.17, 15) is 14.0 Å². The second-order valence-corrected chi connectivity index (χ2v) is 6.96. The Kier molecular flexibility index (Phi) is 5.91. The van der Waals surface area contributed by atoms with Gasteiger partial charge in [-0.05, 0) is 38.7 Å². The largest absolute Gasteiger partial charge is 0.459 e. The number of hydrogen-bond donors (Lipinski definition) is 2. The summed E-state index contributed by atoms with van der Waals surface area (Å²) in [4.78, 5) is 24.8. The summed E-state index contributed by atoms with van der Waals surface area (Å²) in [5, 5.41) is 5.24. The van der Waals surface area contributed by atoms with Gasteiger partial charge >= 0.3 is 12.0 Å². The monoisotopic (exact) mass is 360 g/mol. The van der Waals surface area contributed by atoms with Crippen molar-refractivity contribution in [2.75, 3.05) is 0 Å². The first-order chi connectivity index (χ1) is 12.6. The molecule has 5 nitrogen and oxygen atoms in total. The van der Waals surface area contributed by atoms with Crippen LogP contribution in [0.1, 0.15) is 63.5 Å². The molecule has 1 aromatic carbocycles. The van der Waals surface area contributed by atoms with Crippen LogP contribution in [0.2, 0.25) is 0 Å². The summed E-state index contributed by atoms with van der Waals surface area (Å²) in [5.41, 5.74) is 0.918. The number of halogens is 1. The number of hydrogen-bond acceptors (Lipinski definition) is 3. The zero-order chi connectivity index (χ0) is 18.5. The molecule has 1 aliphatic heterocycles. The van der Waals surface area contributed by atoms with Crippen molar-refractivity contribution in [1.82, 2.24) is 10.6 Å². The molecule has 140 valence electrons. The minimum atomic E-state index is -0.856. The van der Waals surface area contributed by atoms with Crippen LogP contribution in [0.4, 0.5) is 9.18 Å². The molecule has 2 N–H and O–H groups in total. The Hall–Kier alpha value is -2.37. The van der Waals surface area contributed by atoms with Crippen molar-refractivity contribution in [3.63, 3.8) is 0 Å². The Morgan fingerprint density at radius 3 is 2.46 bits per heavy atom. The quantitative estimate of drug-likeness (QED) is 0.797. The molecule has 0 spiro atoms. The van der Waals surface area contributed by atoms with Crippen molar-refractivity contribution < 1.29 is 18.7 Å². The zero-order valence-corrected chi connectivity index (χ0v) is 15.0. The molecule has 1 aromatic rings. The highest BCUT2D eigenvalue weighted by atomic mass is 19.1. The molecule has 1 aliphatic carbocycles. The number of carbonyl (C=O) groups is 2. The van der Waals surface area contributed by atoms with Gasteiger partial charge in [0.15, 0.2) is 0 Å². The summed E-state index contributed by atoms with van der Waals surface area (Å²) in [6.45, 7) is 1.64. The Morgan fingerprint density at radius 1 is 1.12 bits per heavy atom. The lowest BCUT2D eigenvalue weighted by Gasteiger charge is -2.29. The van der Waals surface area contributed by atoms with Gasteiger partial charge in [-0.1, -0.05) is 37.5 Å². The number of rotatable bonds is 3. The van der Waals surface area contributed by atoms with Crippen LogP contribution in [-0.4, -0.2) is 18.1 Å². The molecule has 26 heavy (non-hydrogen) atoms. The predicted molar refractivity (Wildman–Crippen MR) is 95.7 cm³/mol. The number of benzene rings is 1. The fraction of sp³-hybridized carbons (Fsp3) is 0.500. The first-order valence-corrected chi connectivity index (χ1v) is 9.30. The number of nitrogens with one attached hydrogen (secondary N) is 2. The van der Waals surface area contributed by atoms with E-state index in [1.165, 1.54) is 12.5 Å². The van der Waals surface area contributed by atoms with E-state index in [-0.39, 0.29) is 17.2 Å². The van der Waals surface area contributed by atoms with Gasteiger partial charge in [0, 0.05) is 11.3 Å². The molecule has 0 aromatic heterocycles. The SMILES string of the molecule is CC1=C(C(=O)OC2CCCCCCC2)[C@@H](c2ccccc2F)NC(=O)N1. The Bertz CT molecular complexity index is 709. The van der Waals surface area contributed by atoms with Crippen molar-refractivity contribution in [2.45, 2.75) is 64.0 Å². The summed E-state index contributed by atoms with van der Waals surface area (Å²) in [6, 6.07) is 4.83. The highest BCUT2D eigenvalue weighted by Crippen LogP contribution is 2.30. The molecule has 2 amide bonds. The molecule has 2 aliphatic rings. The Labute approximate surface area is 153 Å². The third-order valence-electron chi connectivity index (χ3n) is 5.03. The molecule has 1 saturated carbocycles. The molecule has 1 heterocycles. The standard InChI is InChI=1S/C20H25FN2O3/c1-13-17(19(24)26-14-9-5-3-2-4-6-10-14)18(23-20(25)22-13)15-11-7-8-12-16(15)21/h7-8,11-12,14,18H,2-6,9-10H2,1H3,(H2,22,23,25)/t18-/m1/s1. The normalized spacial score (nSPS) is 22.1. The number of carbonyl (C=O) groups excluding carboxylic acids is 2.